The smallest absolute Gasteiger partial charge is 0.462 e. The summed E-state index contributed by atoms with van der Waals surface area (Å²) >= 11 is 0. The van der Waals surface area contributed by atoms with Gasteiger partial charge in [0.05, 0.1) is 13.2 Å². The van der Waals surface area contributed by atoms with E-state index in [1.165, 1.54) is 64.2 Å². The molecule has 1 unspecified atom stereocenters. The molecule has 9 nitrogen and oxygen atoms in total. The van der Waals surface area contributed by atoms with Gasteiger partial charge in [0.15, 0.2) is 6.10 Å². The highest BCUT2D eigenvalue weighted by Crippen LogP contribution is 2.43. The third-order valence-electron chi connectivity index (χ3n) is 8.19. The molecule has 10 heteroatoms. The Balaban J connectivity index is 4.29. The van der Waals surface area contributed by atoms with Crippen molar-refractivity contribution in [2.75, 3.05) is 26.4 Å². The van der Waals surface area contributed by atoms with Crippen LogP contribution in [0, 0.1) is 0 Å². The Morgan fingerprint density at radius 3 is 1.57 bits per heavy atom. The fourth-order valence-electron chi connectivity index (χ4n) is 5.16. The number of hydrogen-bond acceptors (Lipinski definition) is 8. The second-order valence-corrected chi connectivity index (χ2v) is 14.6. The molecule has 0 aliphatic carbocycles. The molecule has 0 saturated carbocycles. The van der Waals surface area contributed by atoms with Gasteiger partial charge in [-0.2, -0.15) is 0 Å². The van der Waals surface area contributed by atoms with Gasteiger partial charge in [-0.25, -0.2) is 4.57 Å². The molecule has 51 heavy (non-hydrogen) atoms. The molecule has 3 N–H and O–H groups in total. The molecule has 0 spiro atoms. The van der Waals surface area contributed by atoms with Gasteiger partial charge in [-0.05, 0) is 77.0 Å². The largest absolute Gasteiger partial charge is 0.472 e. The quantitative estimate of drug-likeness (QED) is 0.0276. The SMILES string of the molecule is CCCCC/C=C/C/C=C/CCCCCCCC(=O)OC[C@H](COP(=O)(O)OCCN)OC(=O)CCCC/C=C/C/C=C/CCCCCCCC. The van der Waals surface area contributed by atoms with Gasteiger partial charge < -0.3 is 20.1 Å². The molecule has 2 atom stereocenters. The number of phosphoric ester groups is 1. The highest BCUT2D eigenvalue weighted by molar-refractivity contribution is 7.47. The summed E-state index contributed by atoms with van der Waals surface area (Å²) in [5.74, 6) is -0.886. The van der Waals surface area contributed by atoms with Gasteiger partial charge >= 0.3 is 19.8 Å². The van der Waals surface area contributed by atoms with Crippen molar-refractivity contribution in [1.29, 1.82) is 0 Å². The van der Waals surface area contributed by atoms with Crippen molar-refractivity contribution in [2.24, 2.45) is 5.73 Å². The van der Waals surface area contributed by atoms with E-state index in [-0.39, 0.29) is 32.6 Å². The zero-order chi connectivity index (χ0) is 37.5. The van der Waals surface area contributed by atoms with E-state index in [1.807, 2.05) is 0 Å². The predicted octanol–water partition coefficient (Wildman–Crippen LogP) is 11.2. The number of hydrogen-bond donors (Lipinski definition) is 2. The molecule has 296 valence electrons. The molecule has 0 amide bonds. The van der Waals surface area contributed by atoms with E-state index < -0.39 is 32.5 Å². The van der Waals surface area contributed by atoms with Gasteiger partial charge in [-0.3, -0.25) is 18.6 Å². The van der Waals surface area contributed by atoms with Gasteiger partial charge in [-0.15, -0.1) is 0 Å². The molecule has 0 radical (unpaired) electrons. The van der Waals surface area contributed by atoms with Crippen molar-refractivity contribution in [3.63, 3.8) is 0 Å². The van der Waals surface area contributed by atoms with Crippen LogP contribution in [0.1, 0.15) is 168 Å². The van der Waals surface area contributed by atoms with Gasteiger partial charge in [-0.1, -0.05) is 127 Å². The third-order valence-corrected chi connectivity index (χ3v) is 9.17. The number of carbonyl (C=O) groups is 2. The number of nitrogens with two attached hydrogens (primary N) is 1. The normalized spacial score (nSPS) is 13.9. The number of phosphoric acid groups is 1. The van der Waals surface area contributed by atoms with Gasteiger partial charge in [0.1, 0.15) is 6.61 Å². The lowest BCUT2D eigenvalue weighted by Gasteiger charge is -2.19. The standard InChI is InChI=1S/C41H74NO8P/c1-3-5-7-9-11-13-15-17-19-21-23-25-27-29-31-33-40(43)47-37-39(38-49-51(45,46)48-36-35-42)50-41(44)34-32-30-28-26-24-22-20-18-16-14-12-10-8-6-4-2/h11,13,17-20,24,26,39H,3-10,12,14-16,21-23,25,27-38,42H2,1-2H3,(H,45,46)/b13-11+,19-17+,20-18+,26-24+/t39-/m1/s1. The highest BCUT2D eigenvalue weighted by Gasteiger charge is 2.25. The molecule has 0 aromatic rings. The topological polar surface area (TPSA) is 134 Å². The van der Waals surface area contributed by atoms with Crippen molar-refractivity contribution in [1.82, 2.24) is 0 Å². The highest BCUT2D eigenvalue weighted by atomic mass is 31.2. The van der Waals surface area contributed by atoms with Crippen molar-refractivity contribution in [2.45, 2.75) is 174 Å². The van der Waals surface area contributed by atoms with E-state index in [0.29, 0.717) is 12.8 Å². The molecular formula is C41H74NO8P. The Morgan fingerprint density at radius 2 is 1.02 bits per heavy atom. The van der Waals surface area contributed by atoms with Crippen molar-refractivity contribution in [3.05, 3.63) is 48.6 Å². The zero-order valence-electron chi connectivity index (χ0n) is 32.3. The minimum atomic E-state index is -4.38. The number of rotatable bonds is 37. The van der Waals surface area contributed by atoms with E-state index in [0.717, 1.165) is 64.2 Å². The Kier molecular flexibility index (Phi) is 36.2. The van der Waals surface area contributed by atoms with E-state index in [2.05, 4.69) is 62.5 Å². The summed E-state index contributed by atoms with van der Waals surface area (Å²) in [6.45, 7) is 3.63. The van der Waals surface area contributed by atoms with Crippen LogP contribution in [0.15, 0.2) is 48.6 Å². The minimum Gasteiger partial charge on any atom is -0.462 e. The van der Waals surface area contributed by atoms with Crippen LogP contribution in [0.5, 0.6) is 0 Å². The fourth-order valence-corrected chi connectivity index (χ4v) is 5.93. The van der Waals surface area contributed by atoms with Crippen LogP contribution in [0.25, 0.3) is 0 Å². The molecular weight excluding hydrogens is 665 g/mol. The first kappa shape index (κ1) is 49.0. The molecule has 0 rings (SSSR count). The summed E-state index contributed by atoms with van der Waals surface area (Å²) in [5, 5.41) is 0. The first-order valence-electron chi connectivity index (χ1n) is 20.1. The Bertz CT molecular complexity index is 981. The molecule has 0 fully saturated rings. The lowest BCUT2D eigenvalue weighted by molar-refractivity contribution is -0.161. The number of allylic oxidation sites excluding steroid dienone is 8. The van der Waals surface area contributed by atoms with Gasteiger partial charge in [0.25, 0.3) is 0 Å². The minimum absolute atomic E-state index is 0.0449. The first-order chi connectivity index (χ1) is 24.8. The Hall–Kier alpha value is -2.03. The van der Waals surface area contributed by atoms with Crippen LogP contribution >= 0.6 is 7.82 Å². The fraction of sp³-hybridized carbons (Fsp3) is 0.756. The lowest BCUT2D eigenvalue weighted by Crippen LogP contribution is -2.29. The van der Waals surface area contributed by atoms with Crippen LogP contribution in [-0.4, -0.2) is 49.3 Å². The lowest BCUT2D eigenvalue weighted by atomic mass is 10.1. The van der Waals surface area contributed by atoms with E-state index in [4.69, 9.17) is 24.3 Å². The zero-order valence-corrected chi connectivity index (χ0v) is 33.2. The van der Waals surface area contributed by atoms with E-state index >= 15 is 0 Å². The first-order valence-corrected chi connectivity index (χ1v) is 21.6. The average Bonchev–Trinajstić information content (AvgIpc) is 3.11. The summed E-state index contributed by atoms with van der Waals surface area (Å²) in [6, 6.07) is 0. The predicted molar refractivity (Wildman–Crippen MR) is 210 cm³/mol. The Labute approximate surface area is 311 Å². The Morgan fingerprint density at radius 1 is 0.588 bits per heavy atom. The molecule has 0 heterocycles. The number of carbonyl (C=O) groups excluding carboxylic acids is 2. The second kappa shape index (κ2) is 37.7. The molecule has 0 aromatic heterocycles. The van der Waals surface area contributed by atoms with Crippen molar-refractivity contribution < 1.29 is 37.6 Å². The maximum atomic E-state index is 12.5. The third kappa shape index (κ3) is 37.5. The van der Waals surface area contributed by atoms with Crippen LogP contribution in [0.3, 0.4) is 0 Å². The van der Waals surface area contributed by atoms with Gasteiger partial charge in [0, 0.05) is 19.4 Å². The van der Waals surface area contributed by atoms with Crippen LogP contribution in [0.2, 0.25) is 0 Å². The number of esters is 2. The molecule has 0 bridgehead atoms. The summed E-state index contributed by atoms with van der Waals surface area (Å²) in [4.78, 5) is 34.7. The molecule has 0 aliphatic rings. The van der Waals surface area contributed by atoms with Crippen LogP contribution in [-0.2, 0) is 32.7 Å². The number of ether oxygens (including phenoxy) is 2. The van der Waals surface area contributed by atoms with Gasteiger partial charge in [0.2, 0.25) is 0 Å². The number of unbranched alkanes of at least 4 members (excludes halogenated alkanes) is 16. The maximum absolute atomic E-state index is 12.5. The average molecular weight is 740 g/mol. The molecule has 0 saturated heterocycles. The van der Waals surface area contributed by atoms with Crippen molar-refractivity contribution >= 4 is 19.8 Å². The van der Waals surface area contributed by atoms with E-state index in [1.54, 1.807) is 0 Å². The molecule has 0 aromatic carbocycles. The maximum Gasteiger partial charge on any atom is 0.472 e. The molecule has 0 aliphatic heterocycles. The summed E-state index contributed by atoms with van der Waals surface area (Å²) in [5.41, 5.74) is 5.33. The van der Waals surface area contributed by atoms with Crippen LogP contribution in [0.4, 0.5) is 0 Å². The van der Waals surface area contributed by atoms with Crippen molar-refractivity contribution in [3.8, 4) is 0 Å². The summed E-state index contributed by atoms with van der Waals surface area (Å²) in [6.07, 6.45) is 41.4. The van der Waals surface area contributed by atoms with E-state index in [9.17, 15) is 19.0 Å². The second-order valence-electron chi connectivity index (χ2n) is 13.1. The summed E-state index contributed by atoms with van der Waals surface area (Å²) in [7, 11) is -4.38. The van der Waals surface area contributed by atoms with Crippen LogP contribution < -0.4 is 5.73 Å². The summed E-state index contributed by atoms with van der Waals surface area (Å²) < 4.78 is 32.6. The monoisotopic (exact) mass is 740 g/mol.